The number of hydrogen-bond donors (Lipinski definition) is 2. The fourth-order valence-corrected chi connectivity index (χ4v) is 2.53. The molecule has 6 heteroatoms. The fourth-order valence-electron chi connectivity index (χ4n) is 2.53. The summed E-state index contributed by atoms with van der Waals surface area (Å²) in [4.78, 5) is 36.2. The molecule has 0 unspecified atom stereocenters. The number of esters is 1. The maximum absolute atomic E-state index is 12.2. The molecule has 2 rings (SSSR count). The van der Waals surface area contributed by atoms with E-state index in [9.17, 15) is 14.4 Å². The van der Waals surface area contributed by atoms with Gasteiger partial charge in [0.15, 0.2) is 6.61 Å². The van der Waals surface area contributed by atoms with Crippen LogP contribution in [0.15, 0.2) is 42.5 Å². The van der Waals surface area contributed by atoms with Crippen LogP contribution in [0.3, 0.4) is 0 Å². The quantitative estimate of drug-likeness (QED) is 0.768. The number of anilines is 1. The van der Waals surface area contributed by atoms with Gasteiger partial charge in [0.05, 0.1) is 0 Å². The molecule has 0 aliphatic rings. The SMILES string of the molecule is Cc1cccc(C(=O)N[C@@H](C)C(=O)OCC(=O)Nc2ccc(C)cc2C)c1. The van der Waals surface area contributed by atoms with Gasteiger partial charge in [-0.15, -0.1) is 0 Å². The molecule has 1 atom stereocenters. The van der Waals surface area contributed by atoms with Crippen LogP contribution in [-0.4, -0.2) is 30.4 Å². The Morgan fingerprint density at radius 2 is 1.70 bits per heavy atom. The van der Waals surface area contributed by atoms with Crippen molar-refractivity contribution < 1.29 is 19.1 Å². The van der Waals surface area contributed by atoms with Crippen molar-refractivity contribution in [2.24, 2.45) is 0 Å². The van der Waals surface area contributed by atoms with Crippen molar-refractivity contribution in [2.45, 2.75) is 33.7 Å². The first-order valence-electron chi connectivity index (χ1n) is 8.67. The molecule has 2 N–H and O–H groups in total. The Kier molecular flexibility index (Phi) is 6.71. The number of nitrogens with one attached hydrogen (secondary N) is 2. The van der Waals surface area contributed by atoms with Gasteiger partial charge in [0.1, 0.15) is 6.04 Å². The zero-order chi connectivity index (χ0) is 20.0. The lowest BCUT2D eigenvalue weighted by Gasteiger charge is -2.14. The molecule has 0 spiro atoms. The second kappa shape index (κ2) is 8.98. The lowest BCUT2D eigenvalue weighted by Crippen LogP contribution is -2.40. The Morgan fingerprint density at radius 1 is 1.00 bits per heavy atom. The summed E-state index contributed by atoms with van der Waals surface area (Å²) in [5.41, 5.74) is 4.09. The summed E-state index contributed by atoms with van der Waals surface area (Å²) in [6, 6.07) is 11.8. The number of amides is 2. The average Bonchev–Trinajstić information content (AvgIpc) is 2.62. The minimum absolute atomic E-state index is 0.372. The first kappa shape index (κ1) is 20.2. The van der Waals surface area contributed by atoms with Crippen molar-refractivity contribution in [3.63, 3.8) is 0 Å². The summed E-state index contributed by atoms with van der Waals surface area (Å²) in [6.07, 6.45) is 0. The molecule has 2 aromatic carbocycles. The van der Waals surface area contributed by atoms with E-state index in [0.29, 0.717) is 11.3 Å². The lowest BCUT2D eigenvalue weighted by atomic mass is 10.1. The van der Waals surface area contributed by atoms with E-state index in [0.717, 1.165) is 16.7 Å². The molecular weight excluding hydrogens is 344 g/mol. The van der Waals surface area contributed by atoms with Gasteiger partial charge in [-0.25, -0.2) is 4.79 Å². The van der Waals surface area contributed by atoms with Crippen LogP contribution in [0, 0.1) is 20.8 Å². The molecule has 0 fully saturated rings. The number of ether oxygens (including phenoxy) is 1. The Morgan fingerprint density at radius 3 is 2.37 bits per heavy atom. The summed E-state index contributed by atoms with van der Waals surface area (Å²) in [7, 11) is 0. The van der Waals surface area contributed by atoms with E-state index in [1.54, 1.807) is 24.3 Å². The molecule has 0 saturated heterocycles. The van der Waals surface area contributed by atoms with E-state index < -0.39 is 24.5 Å². The van der Waals surface area contributed by atoms with E-state index in [2.05, 4.69) is 10.6 Å². The predicted octanol–water partition coefficient (Wildman–Crippen LogP) is 2.91. The van der Waals surface area contributed by atoms with E-state index in [1.165, 1.54) is 6.92 Å². The molecule has 142 valence electrons. The topological polar surface area (TPSA) is 84.5 Å². The highest BCUT2D eigenvalue weighted by Gasteiger charge is 2.19. The average molecular weight is 368 g/mol. The molecular formula is C21H24N2O4. The van der Waals surface area contributed by atoms with Gasteiger partial charge in [-0.05, 0) is 51.5 Å². The van der Waals surface area contributed by atoms with Gasteiger partial charge in [-0.3, -0.25) is 9.59 Å². The van der Waals surface area contributed by atoms with Crippen molar-refractivity contribution in [3.8, 4) is 0 Å². The van der Waals surface area contributed by atoms with Crippen molar-refractivity contribution in [1.82, 2.24) is 5.32 Å². The maximum atomic E-state index is 12.2. The molecule has 0 aliphatic heterocycles. The molecule has 27 heavy (non-hydrogen) atoms. The number of aryl methyl sites for hydroxylation is 3. The van der Waals surface area contributed by atoms with E-state index in [4.69, 9.17) is 4.74 Å². The second-order valence-corrected chi connectivity index (χ2v) is 6.54. The number of carbonyl (C=O) groups excluding carboxylic acids is 3. The summed E-state index contributed by atoms with van der Waals surface area (Å²) in [5, 5.41) is 5.27. The van der Waals surface area contributed by atoms with Gasteiger partial charge in [-0.2, -0.15) is 0 Å². The van der Waals surface area contributed by atoms with Crippen LogP contribution >= 0.6 is 0 Å². The zero-order valence-electron chi connectivity index (χ0n) is 16.0. The molecule has 0 saturated carbocycles. The predicted molar refractivity (Wildman–Crippen MR) is 104 cm³/mol. The Balaban J connectivity index is 1.83. The van der Waals surface area contributed by atoms with Gasteiger partial charge < -0.3 is 15.4 Å². The molecule has 2 amide bonds. The number of hydrogen-bond acceptors (Lipinski definition) is 4. The van der Waals surface area contributed by atoms with Crippen molar-refractivity contribution in [1.29, 1.82) is 0 Å². The third-order valence-electron chi connectivity index (χ3n) is 3.98. The smallest absolute Gasteiger partial charge is 0.328 e. The fraction of sp³-hybridized carbons (Fsp3) is 0.286. The number of rotatable bonds is 6. The third-order valence-corrected chi connectivity index (χ3v) is 3.98. The van der Waals surface area contributed by atoms with Gasteiger partial charge >= 0.3 is 5.97 Å². The molecule has 6 nitrogen and oxygen atoms in total. The summed E-state index contributed by atoms with van der Waals surface area (Å²) < 4.78 is 5.00. The van der Waals surface area contributed by atoms with Gasteiger partial charge in [0.2, 0.25) is 0 Å². The molecule has 0 aliphatic carbocycles. The summed E-state index contributed by atoms with van der Waals surface area (Å²) in [6.45, 7) is 6.82. The van der Waals surface area contributed by atoms with Crippen LogP contribution in [0.1, 0.15) is 34.0 Å². The van der Waals surface area contributed by atoms with Crippen molar-refractivity contribution in [2.75, 3.05) is 11.9 Å². The highest BCUT2D eigenvalue weighted by molar-refractivity contribution is 5.97. The highest BCUT2D eigenvalue weighted by Crippen LogP contribution is 2.15. The molecule has 0 radical (unpaired) electrons. The van der Waals surface area contributed by atoms with Gasteiger partial charge in [0.25, 0.3) is 11.8 Å². The molecule has 0 aromatic heterocycles. The molecule has 2 aromatic rings. The van der Waals surface area contributed by atoms with Crippen LogP contribution < -0.4 is 10.6 Å². The first-order valence-corrected chi connectivity index (χ1v) is 8.67. The Bertz CT molecular complexity index is 861. The van der Waals surface area contributed by atoms with Crippen molar-refractivity contribution in [3.05, 3.63) is 64.7 Å². The van der Waals surface area contributed by atoms with Gasteiger partial charge in [0, 0.05) is 11.3 Å². The second-order valence-electron chi connectivity index (χ2n) is 6.54. The third kappa shape index (κ3) is 5.95. The monoisotopic (exact) mass is 368 g/mol. The van der Waals surface area contributed by atoms with Crippen LogP contribution in [0.2, 0.25) is 0 Å². The largest absolute Gasteiger partial charge is 0.454 e. The van der Waals surface area contributed by atoms with E-state index in [-0.39, 0.29) is 5.91 Å². The van der Waals surface area contributed by atoms with Crippen LogP contribution in [0.4, 0.5) is 5.69 Å². The minimum atomic E-state index is -0.869. The van der Waals surface area contributed by atoms with E-state index >= 15 is 0 Å². The summed E-state index contributed by atoms with van der Waals surface area (Å²) in [5.74, 6) is -1.48. The first-order chi connectivity index (χ1) is 12.8. The summed E-state index contributed by atoms with van der Waals surface area (Å²) >= 11 is 0. The zero-order valence-corrected chi connectivity index (χ0v) is 16.0. The normalized spacial score (nSPS) is 11.4. The number of carbonyl (C=O) groups is 3. The Labute approximate surface area is 158 Å². The van der Waals surface area contributed by atoms with Crippen molar-refractivity contribution >= 4 is 23.5 Å². The van der Waals surface area contributed by atoms with Crippen LogP contribution in [0.5, 0.6) is 0 Å². The van der Waals surface area contributed by atoms with Crippen LogP contribution in [-0.2, 0) is 14.3 Å². The van der Waals surface area contributed by atoms with Gasteiger partial charge in [-0.1, -0.05) is 35.4 Å². The highest BCUT2D eigenvalue weighted by atomic mass is 16.5. The van der Waals surface area contributed by atoms with Crippen LogP contribution in [0.25, 0.3) is 0 Å². The molecule has 0 heterocycles. The van der Waals surface area contributed by atoms with E-state index in [1.807, 2.05) is 39.0 Å². The maximum Gasteiger partial charge on any atom is 0.328 e. The standard InChI is InChI=1S/C21H24N2O4/c1-13-6-5-7-17(11-13)20(25)22-16(4)21(26)27-12-19(24)23-18-9-8-14(2)10-15(18)3/h5-11,16H,12H2,1-4H3,(H,22,25)(H,23,24)/t16-/m0/s1. The molecule has 0 bridgehead atoms. The lowest BCUT2D eigenvalue weighted by molar-refractivity contribution is -0.148. The minimum Gasteiger partial charge on any atom is -0.454 e. The Hall–Kier alpha value is -3.15. The number of benzene rings is 2.